The van der Waals surface area contributed by atoms with Crippen LogP contribution in [0.5, 0.6) is 0 Å². The molecule has 1 aliphatic rings. The first-order valence-corrected chi connectivity index (χ1v) is 13.6. The van der Waals surface area contributed by atoms with Crippen molar-refractivity contribution in [1.82, 2.24) is 30.5 Å². The molecular weight excluding hydrogens is 541 g/mol. The fourth-order valence-electron chi connectivity index (χ4n) is 4.97. The van der Waals surface area contributed by atoms with E-state index in [-0.39, 0.29) is 25.0 Å². The molecule has 0 saturated carbocycles. The van der Waals surface area contributed by atoms with E-state index >= 15 is 0 Å². The van der Waals surface area contributed by atoms with Gasteiger partial charge >= 0.3 is 0 Å². The fraction of sp³-hybridized carbons (Fsp3) is 0.267. The molecule has 1 saturated heterocycles. The molecule has 0 bridgehead atoms. The van der Waals surface area contributed by atoms with Crippen LogP contribution in [-0.4, -0.2) is 56.3 Å². The largest absolute Gasteiger partial charge is 0.458 e. The SMILES string of the molecule is Cc1ccc(-c2nnn(CC(=O)N(c3cnc4ccccc4c3)[C@@H](C(=O)NC[C@@H]3CCCO3)c3ccc(F)cc3)n2)o1. The molecule has 5 aromatic rings. The number of carbonyl (C=O) groups excluding carboxylic acids is 2. The van der Waals surface area contributed by atoms with Gasteiger partial charge in [-0.2, -0.15) is 4.80 Å². The monoisotopic (exact) mass is 569 g/mol. The summed E-state index contributed by atoms with van der Waals surface area (Å²) in [6.07, 6.45) is 3.17. The normalized spacial score (nSPS) is 15.5. The van der Waals surface area contributed by atoms with Crippen molar-refractivity contribution >= 4 is 28.4 Å². The molecule has 3 aromatic heterocycles. The first kappa shape index (κ1) is 27.2. The smallest absolute Gasteiger partial charge is 0.251 e. The molecule has 6 rings (SSSR count). The summed E-state index contributed by atoms with van der Waals surface area (Å²) in [6, 6.07) is 17.1. The number of nitrogens with one attached hydrogen (secondary N) is 1. The quantitative estimate of drug-likeness (QED) is 0.282. The highest BCUT2D eigenvalue weighted by atomic mass is 19.1. The highest BCUT2D eigenvalue weighted by Crippen LogP contribution is 2.30. The van der Waals surface area contributed by atoms with Crippen molar-refractivity contribution in [2.75, 3.05) is 18.1 Å². The van der Waals surface area contributed by atoms with Crippen LogP contribution >= 0.6 is 0 Å². The van der Waals surface area contributed by atoms with Gasteiger partial charge in [-0.15, -0.1) is 10.2 Å². The Morgan fingerprint density at radius 2 is 1.98 bits per heavy atom. The van der Waals surface area contributed by atoms with Crippen LogP contribution in [0.1, 0.15) is 30.2 Å². The molecular formula is C30H28FN7O4. The summed E-state index contributed by atoms with van der Waals surface area (Å²) in [5.74, 6) is -0.0950. The Kier molecular flexibility index (Phi) is 7.69. The number of hydrogen-bond donors (Lipinski definition) is 1. The van der Waals surface area contributed by atoms with Gasteiger partial charge < -0.3 is 14.5 Å². The standard InChI is InChI=1S/C30H28FN7O4/c1-19-8-13-26(42-19)29-34-36-37(35-29)18-27(39)38(23-15-21-5-2-3-7-25(21)32-16-23)28(20-9-11-22(31)12-10-20)30(40)33-17-24-6-4-14-41-24/h2-3,5,7-13,15-16,24,28H,4,6,14,17-18H2,1H3,(H,33,40)/t24-,28+/m0/s1. The third kappa shape index (κ3) is 5.88. The Hall–Kier alpha value is -4.97. The number of pyridine rings is 1. The minimum Gasteiger partial charge on any atom is -0.458 e. The molecule has 1 fully saturated rings. The lowest BCUT2D eigenvalue weighted by atomic mass is 10.0. The Bertz CT molecular complexity index is 1710. The zero-order chi connectivity index (χ0) is 29.1. The minimum atomic E-state index is -1.15. The van der Waals surface area contributed by atoms with Gasteiger partial charge in [0.25, 0.3) is 5.91 Å². The number of amides is 2. The molecule has 2 atom stereocenters. The van der Waals surface area contributed by atoms with Crippen LogP contribution in [0.15, 0.2) is 77.3 Å². The van der Waals surface area contributed by atoms with Crippen LogP contribution in [-0.2, 0) is 20.9 Å². The van der Waals surface area contributed by atoms with Gasteiger partial charge in [0.2, 0.25) is 11.7 Å². The van der Waals surface area contributed by atoms with Crippen molar-refractivity contribution < 1.29 is 23.1 Å². The van der Waals surface area contributed by atoms with Gasteiger partial charge in [-0.3, -0.25) is 19.5 Å². The number of carbonyl (C=O) groups is 2. The van der Waals surface area contributed by atoms with E-state index in [2.05, 4.69) is 25.7 Å². The second-order valence-corrected chi connectivity index (χ2v) is 10.0. The number of rotatable bonds is 9. The molecule has 214 valence electrons. The summed E-state index contributed by atoms with van der Waals surface area (Å²) in [6.45, 7) is 2.38. The topological polar surface area (TPSA) is 128 Å². The number of furan rings is 1. The second kappa shape index (κ2) is 11.9. The van der Waals surface area contributed by atoms with E-state index in [1.165, 1.54) is 35.4 Å². The molecule has 0 aliphatic carbocycles. The van der Waals surface area contributed by atoms with E-state index in [0.717, 1.165) is 28.5 Å². The average molecular weight is 570 g/mol. The Balaban J connectivity index is 1.38. The summed E-state index contributed by atoms with van der Waals surface area (Å²) in [5, 5.41) is 16.1. The zero-order valence-corrected chi connectivity index (χ0v) is 22.8. The number of aryl methyl sites for hydroxylation is 1. The van der Waals surface area contributed by atoms with Crippen LogP contribution < -0.4 is 10.2 Å². The lowest BCUT2D eigenvalue weighted by molar-refractivity contribution is -0.127. The molecule has 4 heterocycles. The van der Waals surface area contributed by atoms with Gasteiger partial charge in [0.1, 0.15) is 24.2 Å². The number of halogens is 1. The number of para-hydroxylation sites is 1. The van der Waals surface area contributed by atoms with Gasteiger partial charge in [-0.25, -0.2) is 4.39 Å². The predicted molar refractivity (Wildman–Crippen MR) is 151 cm³/mol. The highest BCUT2D eigenvalue weighted by Gasteiger charge is 2.34. The Morgan fingerprint density at radius 1 is 1.14 bits per heavy atom. The lowest BCUT2D eigenvalue weighted by Gasteiger charge is -2.31. The fourth-order valence-corrected chi connectivity index (χ4v) is 4.97. The molecule has 0 radical (unpaired) electrons. The summed E-state index contributed by atoms with van der Waals surface area (Å²) in [5.41, 5.74) is 1.52. The lowest BCUT2D eigenvalue weighted by Crippen LogP contribution is -2.46. The van der Waals surface area contributed by atoms with Crippen molar-refractivity contribution in [3.63, 3.8) is 0 Å². The summed E-state index contributed by atoms with van der Waals surface area (Å²) in [7, 11) is 0. The van der Waals surface area contributed by atoms with Gasteiger partial charge in [0, 0.05) is 18.5 Å². The van der Waals surface area contributed by atoms with E-state index < -0.39 is 23.7 Å². The van der Waals surface area contributed by atoms with Crippen LogP contribution in [0, 0.1) is 12.7 Å². The first-order chi connectivity index (χ1) is 20.4. The maximum absolute atomic E-state index is 14.1. The van der Waals surface area contributed by atoms with Crippen molar-refractivity contribution in [3.05, 3.63) is 90.1 Å². The van der Waals surface area contributed by atoms with E-state index in [1.807, 2.05) is 24.3 Å². The minimum absolute atomic E-state index is 0.114. The van der Waals surface area contributed by atoms with E-state index in [9.17, 15) is 14.0 Å². The summed E-state index contributed by atoms with van der Waals surface area (Å²) < 4.78 is 25.2. The summed E-state index contributed by atoms with van der Waals surface area (Å²) in [4.78, 5) is 35.0. The van der Waals surface area contributed by atoms with E-state index in [1.54, 1.807) is 25.1 Å². The van der Waals surface area contributed by atoms with Crippen LogP contribution in [0.3, 0.4) is 0 Å². The van der Waals surface area contributed by atoms with Crippen LogP contribution in [0.4, 0.5) is 10.1 Å². The second-order valence-electron chi connectivity index (χ2n) is 10.0. The average Bonchev–Trinajstić information content (AvgIpc) is 3.78. The number of benzene rings is 2. The van der Waals surface area contributed by atoms with Gasteiger partial charge in [0.05, 0.1) is 23.5 Å². The van der Waals surface area contributed by atoms with Crippen molar-refractivity contribution in [3.8, 4) is 11.6 Å². The van der Waals surface area contributed by atoms with Crippen molar-refractivity contribution in [2.45, 2.75) is 38.5 Å². The van der Waals surface area contributed by atoms with Crippen molar-refractivity contribution in [2.24, 2.45) is 0 Å². The molecule has 42 heavy (non-hydrogen) atoms. The van der Waals surface area contributed by atoms with Gasteiger partial charge in [0.15, 0.2) is 5.76 Å². The number of nitrogens with zero attached hydrogens (tertiary/aromatic N) is 6. The number of ether oxygens (including phenoxy) is 1. The van der Waals surface area contributed by atoms with E-state index in [4.69, 9.17) is 9.15 Å². The number of hydrogen-bond acceptors (Lipinski definition) is 8. The molecule has 11 nitrogen and oxygen atoms in total. The maximum atomic E-state index is 14.1. The summed E-state index contributed by atoms with van der Waals surface area (Å²) >= 11 is 0. The molecule has 2 amide bonds. The first-order valence-electron chi connectivity index (χ1n) is 13.6. The number of anilines is 1. The maximum Gasteiger partial charge on any atom is 0.251 e. The molecule has 1 aliphatic heterocycles. The van der Waals surface area contributed by atoms with Crippen molar-refractivity contribution in [1.29, 1.82) is 0 Å². The highest BCUT2D eigenvalue weighted by molar-refractivity contribution is 6.02. The van der Waals surface area contributed by atoms with Crippen LogP contribution in [0.25, 0.3) is 22.5 Å². The Labute approximate surface area is 240 Å². The zero-order valence-electron chi connectivity index (χ0n) is 22.8. The van der Waals surface area contributed by atoms with Crippen LogP contribution in [0.2, 0.25) is 0 Å². The number of fused-ring (bicyclic) bond motifs is 1. The molecule has 2 aromatic carbocycles. The molecule has 0 unspecified atom stereocenters. The molecule has 1 N–H and O–H groups in total. The van der Waals surface area contributed by atoms with Gasteiger partial charge in [-0.1, -0.05) is 30.3 Å². The van der Waals surface area contributed by atoms with Gasteiger partial charge in [-0.05, 0) is 66.9 Å². The Morgan fingerprint density at radius 3 is 2.74 bits per heavy atom. The number of aromatic nitrogens is 5. The predicted octanol–water partition coefficient (Wildman–Crippen LogP) is 4.00. The third-order valence-corrected chi connectivity index (χ3v) is 7.03. The third-order valence-electron chi connectivity index (χ3n) is 7.03. The number of tetrazole rings is 1. The molecule has 0 spiro atoms. The van der Waals surface area contributed by atoms with E-state index in [0.29, 0.717) is 29.4 Å². The molecule has 12 heteroatoms.